The third-order valence-electron chi connectivity index (χ3n) is 4.64. The number of hydrogen-bond acceptors (Lipinski definition) is 4. The molecule has 0 atom stereocenters. The van der Waals surface area contributed by atoms with E-state index in [9.17, 15) is 18.3 Å². The maximum Gasteiger partial charge on any atom is 0.314 e. The summed E-state index contributed by atoms with van der Waals surface area (Å²) in [4.78, 5) is 11.3. The largest absolute Gasteiger partial charge is 0.481 e. The van der Waals surface area contributed by atoms with E-state index in [0.717, 1.165) is 19.3 Å². The van der Waals surface area contributed by atoms with Crippen molar-refractivity contribution in [2.75, 3.05) is 39.9 Å². The van der Waals surface area contributed by atoms with Crippen LogP contribution in [-0.4, -0.2) is 68.0 Å². The van der Waals surface area contributed by atoms with E-state index in [2.05, 4.69) is 6.92 Å². The topological polar surface area (TPSA) is 87.2 Å². The van der Waals surface area contributed by atoms with Crippen LogP contribution in [0.15, 0.2) is 0 Å². The molecule has 2 aliphatic rings. The Morgan fingerprint density at radius 3 is 2.29 bits per heavy atom. The Bertz CT molecular complexity index is 479. The molecule has 0 aromatic rings. The minimum absolute atomic E-state index is 0.00773. The van der Waals surface area contributed by atoms with Crippen molar-refractivity contribution in [3.05, 3.63) is 0 Å². The molecule has 2 saturated heterocycles. The fraction of sp³-hybridized carbons (Fsp3) is 0.923. The first-order valence-electron chi connectivity index (χ1n) is 7.33. The summed E-state index contributed by atoms with van der Waals surface area (Å²) in [6.07, 6.45) is 2.84. The number of rotatable bonds is 6. The zero-order valence-corrected chi connectivity index (χ0v) is 13.4. The molecule has 2 aliphatic heterocycles. The SMILES string of the molecule is CCC1CCN(S(=O)(=O)N2CC(COC)(C(=O)O)C2)CC1. The van der Waals surface area contributed by atoms with Crippen LogP contribution in [0.2, 0.25) is 0 Å². The van der Waals surface area contributed by atoms with Gasteiger partial charge in [-0.1, -0.05) is 13.3 Å². The third-order valence-corrected chi connectivity index (χ3v) is 6.56. The van der Waals surface area contributed by atoms with Crippen LogP contribution in [0, 0.1) is 11.3 Å². The quantitative estimate of drug-likeness (QED) is 0.765. The number of ether oxygens (including phenoxy) is 1. The van der Waals surface area contributed by atoms with Gasteiger partial charge in [-0.15, -0.1) is 0 Å². The average Bonchev–Trinajstić information content (AvgIpc) is 2.41. The summed E-state index contributed by atoms with van der Waals surface area (Å²) in [6.45, 7) is 3.20. The van der Waals surface area contributed by atoms with Crippen LogP contribution in [0.5, 0.6) is 0 Å². The van der Waals surface area contributed by atoms with Crippen molar-refractivity contribution >= 4 is 16.2 Å². The molecule has 0 amide bonds. The highest BCUT2D eigenvalue weighted by molar-refractivity contribution is 7.86. The molecular weight excluding hydrogens is 296 g/mol. The lowest BCUT2D eigenvalue weighted by Crippen LogP contribution is -2.66. The van der Waals surface area contributed by atoms with Gasteiger partial charge in [0.2, 0.25) is 0 Å². The summed E-state index contributed by atoms with van der Waals surface area (Å²) in [5, 5.41) is 9.26. The summed E-state index contributed by atoms with van der Waals surface area (Å²) < 4.78 is 32.7. The second-order valence-corrected chi connectivity index (χ2v) is 7.97. The molecule has 0 spiro atoms. The predicted octanol–water partition coefficient (Wildman–Crippen LogP) is 0.386. The Morgan fingerprint density at radius 2 is 1.86 bits per heavy atom. The summed E-state index contributed by atoms with van der Waals surface area (Å²) in [5.41, 5.74) is -1.09. The third kappa shape index (κ3) is 3.08. The van der Waals surface area contributed by atoms with Gasteiger partial charge in [-0.3, -0.25) is 4.79 Å². The molecule has 1 N–H and O–H groups in total. The monoisotopic (exact) mass is 320 g/mol. The molecule has 2 fully saturated rings. The van der Waals surface area contributed by atoms with Crippen LogP contribution in [0.3, 0.4) is 0 Å². The van der Waals surface area contributed by atoms with E-state index < -0.39 is 21.6 Å². The number of hydrogen-bond donors (Lipinski definition) is 1. The number of nitrogens with zero attached hydrogens (tertiary/aromatic N) is 2. The summed E-state index contributed by atoms with van der Waals surface area (Å²) >= 11 is 0. The number of piperidine rings is 1. The summed E-state index contributed by atoms with van der Waals surface area (Å²) in [6, 6.07) is 0. The molecule has 21 heavy (non-hydrogen) atoms. The number of methoxy groups -OCH3 is 1. The molecule has 0 radical (unpaired) electrons. The van der Waals surface area contributed by atoms with Crippen molar-refractivity contribution in [1.29, 1.82) is 0 Å². The van der Waals surface area contributed by atoms with Crippen LogP contribution < -0.4 is 0 Å². The van der Waals surface area contributed by atoms with Crippen LogP contribution in [0.4, 0.5) is 0 Å². The Balaban J connectivity index is 1.98. The number of aliphatic carboxylic acids is 1. The van der Waals surface area contributed by atoms with E-state index >= 15 is 0 Å². The van der Waals surface area contributed by atoms with Crippen molar-refractivity contribution in [1.82, 2.24) is 8.61 Å². The fourth-order valence-electron chi connectivity index (χ4n) is 3.07. The van der Waals surface area contributed by atoms with Crippen LogP contribution in [0.1, 0.15) is 26.2 Å². The first kappa shape index (κ1) is 16.7. The van der Waals surface area contributed by atoms with Gasteiger partial charge in [0.15, 0.2) is 0 Å². The van der Waals surface area contributed by atoms with E-state index in [0.29, 0.717) is 19.0 Å². The van der Waals surface area contributed by atoms with E-state index in [1.165, 1.54) is 15.7 Å². The zero-order valence-electron chi connectivity index (χ0n) is 12.6. The van der Waals surface area contributed by atoms with Crippen LogP contribution >= 0.6 is 0 Å². The second kappa shape index (κ2) is 6.20. The molecule has 2 heterocycles. The molecular formula is C13H24N2O5S. The fourth-order valence-corrected chi connectivity index (χ4v) is 4.89. The Hall–Kier alpha value is -0.700. The number of carboxylic acids is 1. The molecule has 2 rings (SSSR count). The molecule has 0 aliphatic carbocycles. The molecule has 0 bridgehead atoms. The van der Waals surface area contributed by atoms with Crippen molar-refractivity contribution in [3.8, 4) is 0 Å². The predicted molar refractivity (Wildman–Crippen MR) is 77.0 cm³/mol. The van der Waals surface area contributed by atoms with Crippen molar-refractivity contribution in [2.24, 2.45) is 11.3 Å². The van der Waals surface area contributed by atoms with Crippen molar-refractivity contribution in [3.63, 3.8) is 0 Å². The Morgan fingerprint density at radius 1 is 1.29 bits per heavy atom. The van der Waals surface area contributed by atoms with Gasteiger partial charge in [0, 0.05) is 33.3 Å². The van der Waals surface area contributed by atoms with Gasteiger partial charge < -0.3 is 9.84 Å². The lowest BCUT2D eigenvalue weighted by Gasteiger charge is -2.47. The lowest BCUT2D eigenvalue weighted by atomic mass is 9.83. The van der Waals surface area contributed by atoms with Gasteiger partial charge in [0.1, 0.15) is 5.41 Å². The van der Waals surface area contributed by atoms with Gasteiger partial charge >= 0.3 is 5.97 Å². The molecule has 0 saturated carbocycles. The maximum absolute atomic E-state index is 12.5. The zero-order chi connectivity index (χ0) is 15.7. The highest BCUT2D eigenvalue weighted by Crippen LogP contribution is 2.35. The standard InChI is InChI=1S/C13H24N2O5S/c1-3-11-4-6-14(7-5-11)21(18,19)15-8-13(9-15,10-20-2)12(16)17/h11H,3-10H2,1-2H3,(H,16,17). The lowest BCUT2D eigenvalue weighted by molar-refractivity contribution is -0.161. The van der Waals surface area contributed by atoms with Gasteiger partial charge in [-0.05, 0) is 18.8 Å². The minimum atomic E-state index is -3.53. The molecule has 8 heteroatoms. The number of carbonyl (C=O) groups is 1. The van der Waals surface area contributed by atoms with Gasteiger partial charge in [0.05, 0.1) is 6.61 Å². The maximum atomic E-state index is 12.5. The number of carboxylic acid groups (broad SMARTS) is 1. The molecule has 122 valence electrons. The second-order valence-electron chi connectivity index (χ2n) is 6.05. The first-order valence-corrected chi connectivity index (χ1v) is 8.73. The van der Waals surface area contributed by atoms with Gasteiger partial charge in [-0.2, -0.15) is 17.0 Å². The highest BCUT2D eigenvalue weighted by Gasteiger charge is 2.55. The van der Waals surface area contributed by atoms with Crippen LogP contribution in [0.25, 0.3) is 0 Å². The van der Waals surface area contributed by atoms with Gasteiger partial charge in [-0.25, -0.2) is 0 Å². The molecule has 7 nitrogen and oxygen atoms in total. The normalized spacial score (nSPS) is 24.7. The van der Waals surface area contributed by atoms with E-state index in [-0.39, 0.29) is 19.7 Å². The highest BCUT2D eigenvalue weighted by atomic mass is 32.2. The van der Waals surface area contributed by atoms with Crippen LogP contribution in [-0.2, 0) is 19.7 Å². The Labute approximate surface area is 126 Å². The summed E-state index contributed by atoms with van der Waals surface area (Å²) in [5.74, 6) is -0.403. The van der Waals surface area contributed by atoms with E-state index in [4.69, 9.17) is 4.74 Å². The summed E-state index contributed by atoms with van der Waals surface area (Å²) in [7, 11) is -2.10. The van der Waals surface area contributed by atoms with Crippen molar-refractivity contribution in [2.45, 2.75) is 26.2 Å². The molecule has 0 aromatic carbocycles. The minimum Gasteiger partial charge on any atom is -0.481 e. The van der Waals surface area contributed by atoms with Crippen molar-refractivity contribution < 1.29 is 23.1 Å². The average molecular weight is 320 g/mol. The van der Waals surface area contributed by atoms with Gasteiger partial charge in [0.25, 0.3) is 10.2 Å². The Kier molecular flexibility index (Phi) is 4.92. The molecule has 0 aromatic heterocycles. The molecule has 0 unspecified atom stereocenters. The van der Waals surface area contributed by atoms with E-state index in [1.54, 1.807) is 0 Å². The smallest absolute Gasteiger partial charge is 0.314 e. The van der Waals surface area contributed by atoms with E-state index in [1.807, 2.05) is 0 Å². The first-order chi connectivity index (χ1) is 9.85.